The van der Waals surface area contributed by atoms with Crippen LogP contribution >= 0.6 is 0 Å². The Kier molecular flexibility index (Phi) is 4.41. The number of aliphatic imine (C=N–C) groups is 1. The van der Waals surface area contributed by atoms with Crippen LogP contribution in [-0.2, 0) is 6.18 Å². The van der Waals surface area contributed by atoms with Gasteiger partial charge in [0.1, 0.15) is 12.4 Å². The molecule has 0 aliphatic carbocycles. The predicted molar refractivity (Wildman–Crippen MR) is 90.6 cm³/mol. The van der Waals surface area contributed by atoms with Gasteiger partial charge in [0.2, 0.25) is 0 Å². The number of alkyl halides is 3. The SMILES string of the molecule is NC(N)=NC(=O)c1ccc2c(c1)C(c1ccc(C(F)(F)F)cc1)=CCO2. The van der Waals surface area contributed by atoms with E-state index in [1.165, 1.54) is 18.2 Å². The number of halogens is 3. The zero-order valence-corrected chi connectivity index (χ0v) is 13.4. The summed E-state index contributed by atoms with van der Waals surface area (Å²) in [5.41, 5.74) is 11.8. The van der Waals surface area contributed by atoms with Gasteiger partial charge in [-0.05, 0) is 47.5 Å². The Labute approximate surface area is 146 Å². The van der Waals surface area contributed by atoms with Crippen LogP contribution in [-0.4, -0.2) is 18.5 Å². The van der Waals surface area contributed by atoms with Crippen molar-refractivity contribution in [3.05, 3.63) is 70.8 Å². The molecule has 0 unspecified atom stereocenters. The topological polar surface area (TPSA) is 90.7 Å². The maximum absolute atomic E-state index is 12.7. The van der Waals surface area contributed by atoms with Crippen molar-refractivity contribution in [2.45, 2.75) is 6.18 Å². The van der Waals surface area contributed by atoms with E-state index in [2.05, 4.69) is 4.99 Å². The number of amides is 1. The first-order valence-electron chi connectivity index (χ1n) is 7.54. The number of ether oxygens (including phenoxy) is 1. The van der Waals surface area contributed by atoms with Crippen LogP contribution in [0.1, 0.15) is 27.0 Å². The molecule has 1 aliphatic rings. The third-order valence-corrected chi connectivity index (χ3v) is 3.80. The van der Waals surface area contributed by atoms with E-state index in [1.807, 2.05) is 0 Å². The standard InChI is InChI=1S/C18H14F3N3O2/c19-18(20,21)12-4-1-10(2-5-12)13-7-8-26-15-6-3-11(9-14(13)15)16(25)24-17(22)23/h1-7,9H,8H2,(H4,22,23,24,25). The average molecular weight is 361 g/mol. The van der Waals surface area contributed by atoms with Gasteiger partial charge in [-0.3, -0.25) is 4.79 Å². The highest BCUT2D eigenvalue weighted by Gasteiger charge is 2.30. The molecule has 1 heterocycles. The number of nitrogens with zero attached hydrogens (tertiary/aromatic N) is 1. The minimum absolute atomic E-state index is 0.237. The highest BCUT2D eigenvalue weighted by Crippen LogP contribution is 2.36. The molecule has 4 N–H and O–H groups in total. The van der Waals surface area contributed by atoms with Gasteiger partial charge in [-0.2, -0.15) is 18.2 Å². The van der Waals surface area contributed by atoms with Gasteiger partial charge in [-0.1, -0.05) is 12.1 Å². The van der Waals surface area contributed by atoms with Crippen molar-refractivity contribution in [2.24, 2.45) is 16.5 Å². The highest BCUT2D eigenvalue weighted by atomic mass is 19.4. The molecule has 0 aromatic heterocycles. The van der Waals surface area contributed by atoms with Gasteiger partial charge in [0.05, 0.1) is 5.56 Å². The Morgan fingerprint density at radius 1 is 1.08 bits per heavy atom. The number of rotatable bonds is 2. The molecule has 0 saturated heterocycles. The smallest absolute Gasteiger partial charge is 0.416 e. The third-order valence-electron chi connectivity index (χ3n) is 3.80. The fraction of sp³-hybridized carbons (Fsp3) is 0.111. The van der Waals surface area contributed by atoms with E-state index in [-0.39, 0.29) is 18.1 Å². The second-order valence-corrected chi connectivity index (χ2v) is 5.56. The normalized spacial score (nSPS) is 13.3. The molecular weight excluding hydrogens is 347 g/mol. The van der Waals surface area contributed by atoms with Crippen molar-refractivity contribution >= 4 is 17.4 Å². The summed E-state index contributed by atoms with van der Waals surface area (Å²) in [6.45, 7) is 0.268. The molecule has 0 atom stereocenters. The second kappa shape index (κ2) is 6.55. The number of guanidine groups is 1. The third kappa shape index (κ3) is 3.53. The van der Waals surface area contributed by atoms with E-state index < -0.39 is 17.6 Å². The van der Waals surface area contributed by atoms with Gasteiger partial charge in [0.15, 0.2) is 5.96 Å². The molecule has 1 amide bonds. The zero-order chi connectivity index (χ0) is 18.9. The lowest BCUT2D eigenvalue weighted by Gasteiger charge is -2.20. The molecule has 134 valence electrons. The summed E-state index contributed by atoms with van der Waals surface area (Å²) in [4.78, 5) is 15.5. The van der Waals surface area contributed by atoms with E-state index in [0.717, 1.165) is 12.1 Å². The van der Waals surface area contributed by atoms with Crippen molar-refractivity contribution in [1.29, 1.82) is 0 Å². The van der Waals surface area contributed by atoms with Crippen LogP contribution in [0.2, 0.25) is 0 Å². The molecule has 0 saturated carbocycles. The van der Waals surface area contributed by atoms with Crippen LogP contribution in [0.3, 0.4) is 0 Å². The first-order chi connectivity index (χ1) is 12.3. The molecule has 26 heavy (non-hydrogen) atoms. The highest BCUT2D eigenvalue weighted by molar-refractivity contribution is 6.03. The Bertz CT molecular complexity index is 912. The molecule has 2 aromatic rings. The van der Waals surface area contributed by atoms with E-state index in [0.29, 0.717) is 22.4 Å². The Morgan fingerprint density at radius 2 is 1.77 bits per heavy atom. The van der Waals surface area contributed by atoms with Crippen LogP contribution in [0.25, 0.3) is 5.57 Å². The predicted octanol–water partition coefficient (Wildman–Crippen LogP) is 2.94. The second-order valence-electron chi connectivity index (χ2n) is 5.56. The molecular formula is C18H14F3N3O2. The van der Waals surface area contributed by atoms with Crippen LogP contribution in [0.5, 0.6) is 5.75 Å². The van der Waals surface area contributed by atoms with Crippen LogP contribution in [0.4, 0.5) is 13.2 Å². The molecule has 2 aromatic carbocycles. The van der Waals surface area contributed by atoms with Crippen molar-refractivity contribution in [3.8, 4) is 5.75 Å². The summed E-state index contributed by atoms with van der Waals surface area (Å²) in [6.07, 6.45) is -2.67. The maximum Gasteiger partial charge on any atom is 0.416 e. The maximum atomic E-state index is 12.7. The largest absolute Gasteiger partial charge is 0.489 e. The van der Waals surface area contributed by atoms with Crippen LogP contribution in [0, 0.1) is 0 Å². The number of carbonyl (C=O) groups is 1. The summed E-state index contributed by atoms with van der Waals surface area (Å²) < 4.78 is 43.7. The molecule has 0 spiro atoms. The summed E-state index contributed by atoms with van der Waals surface area (Å²) >= 11 is 0. The summed E-state index contributed by atoms with van der Waals surface area (Å²) in [5.74, 6) is -0.462. The Balaban J connectivity index is 2.00. The van der Waals surface area contributed by atoms with E-state index in [4.69, 9.17) is 16.2 Å². The lowest BCUT2D eigenvalue weighted by atomic mass is 9.93. The summed E-state index contributed by atoms with van der Waals surface area (Å²) in [7, 11) is 0. The van der Waals surface area contributed by atoms with E-state index >= 15 is 0 Å². The van der Waals surface area contributed by atoms with E-state index in [1.54, 1.807) is 18.2 Å². The van der Waals surface area contributed by atoms with Gasteiger partial charge < -0.3 is 16.2 Å². The van der Waals surface area contributed by atoms with Crippen LogP contribution < -0.4 is 16.2 Å². The Morgan fingerprint density at radius 3 is 2.38 bits per heavy atom. The fourth-order valence-electron chi connectivity index (χ4n) is 2.62. The molecule has 8 heteroatoms. The number of carbonyl (C=O) groups excluding carboxylic acids is 1. The van der Waals surface area contributed by atoms with Gasteiger partial charge >= 0.3 is 6.18 Å². The minimum Gasteiger partial charge on any atom is -0.489 e. The molecule has 0 radical (unpaired) electrons. The van der Waals surface area contributed by atoms with Crippen LogP contribution in [0.15, 0.2) is 53.5 Å². The number of hydrogen-bond acceptors (Lipinski definition) is 2. The molecule has 0 bridgehead atoms. The van der Waals surface area contributed by atoms with Gasteiger partial charge in [0.25, 0.3) is 5.91 Å². The Hall–Kier alpha value is -3.29. The molecule has 1 aliphatic heterocycles. The first-order valence-corrected chi connectivity index (χ1v) is 7.54. The van der Waals surface area contributed by atoms with Gasteiger partial charge in [0, 0.05) is 11.1 Å². The number of nitrogens with two attached hydrogens (primary N) is 2. The van der Waals surface area contributed by atoms with Crippen molar-refractivity contribution in [3.63, 3.8) is 0 Å². The molecule has 5 nitrogen and oxygen atoms in total. The van der Waals surface area contributed by atoms with Gasteiger partial charge in [-0.25, -0.2) is 0 Å². The van der Waals surface area contributed by atoms with Crippen molar-refractivity contribution in [2.75, 3.05) is 6.61 Å². The molecule has 3 rings (SSSR count). The van der Waals surface area contributed by atoms with Crippen molar-refractivity contribution < 1.29 is 22.7 Å². The van der Waals surface area contributed by atoms with Gasteiger partial charge in [-0.15, -0.1) is 0 Å². The number of fused-ring (bicyclic) bond motifs is 1. The minimum atomic E-state index is -4.40. The summed E-state index contributed by atoms with van der Waals surface area (Å²) in [5, 5.41) is 0. The summed E-state index contributed by atoms with van der Waals surface area (Å²) in [6, 6.07) is 9.46. The van der Waals surface area contributed by atoms with Crippen molar-refractivity contribution in [1.82, 2.24) is 0 Å². The monoisotopic (exact) mass is 361 g/mol. The number of benzene rings is 2. The van der Waals surface area contributed by atoms with E-state index in [9.17, 15) is 18.0 Å². The lowest BCUT2D eigenvalue weighted by molar-refractivity contribution is -0.137. The molecule has 0 fully saturated rings. The zero-order valence-electron chi connectivity index (χ0n) is 13.4. The quantitative estimate of drug-likeness (QED) is 0.636. The lowest BCUT2D eigenvalue weighted by Crippen LogP contribution is -2.24. The average Bonchev–Trinajstić information content (AvgIpc) is 2.59. The first kappa shape index (κ1) is 17.5. The fourth-order valence-corrected chi connectivity index (χ4v) is 2.62. The number of hydrogen-bond donors (Lipinski definition) is 2.